The Kier molecular flexibility index (Phi) is 2.17. The highest BCUT2D eigenvalue weighted by atomic mass is 19.1. The molecule has 5 heteroatoms. The first-order valence-electron chi connectivity index (χ1n) is 4.35. The van der Waals surface area contributed by atoms with Crippen LogP contribution in [-0.4, -0.2) is 11.5 Å². The zero-order valence-corrected chi connectivity index (χ0v) is 7.37. The van der Waals surface area contributed by atoms with Crippen molar-refractivity contribution in [2.75, 3.05) is 6.54 Å². The van der Waals surface area contributed by atoms with Gasteiger partial charge in [0.1, 0.15) is 5.82 Å². The Balaban J connectivity index is 2.41. The molecule has 1 heterocycles. The highest BCUT2D eigenvalue weighted by molar-refractivity contribution is 5.43. The predicted molar refractivity (Wildman–Crippen MR) is 48.4 cm³/mol. The van der Waals surface area contributed by atoms with Gasteiger partial charge in [-0.05, 0) is 25.1 Å². The van der Waals surface area contributed by atoms with E-state index < -0.39 is 10.7 Å². The summed E-state index contributed by atoms with van der Waals surface area (Å²) in [6.45, 7) is 0.860. The molecule has 1 aromatic rings. The maximum Gasteiger partial charge on any atom is 0.277 e. The van der Waals surface area contributed by atoms with E-state index >= 15 is 0 Å². The second kappa shape index (κ2) is 3.34. The summed E-state index contributed by atoms with van der Waals surface area (Å²) < 4.78 is 12.8. The molecule has 1 aromatic carbocycles. The number of nitro benzene ring substituents is 1. The van der Waals surface area contributed by atoms with Crippen molar-refractivity contribution in [3.63, 3.8) is 0 Å². The van der Waals surface area contributed by atoms with E-state index in [0.717, 1.165) is 19.0 Å². The molecule has 0 spiro atoms. The summed E-state index contributed by atoms with van der Waals surface area (Å²) in [6, 6.07) is 3.71. The third kappa shape index (κ3) is 1.46. The van der Waals surface area contributed by atoms with E-state index in [1.165, 1.54) is 12.1 Å². The number of rotatable bonds is 2. The van der Waals surface area contributed by atoms with Gasteiger partial charge in [-0.25, -0.2) is 4.39 Å². The second-order valence-electron chi connectivity index (χ2n) is 3.26. The molecule has 0 saturated carbocycles. The molecule has 4 nitrogen and oxygen atoms in total. The third-order valence-corrected chi connectivity index (χ3v) is 2.39. The minimum Gasteiger partial charge on any atom is -0.310 e. The maximum atomic E-state index is 12.8. The van der Waals surface area contributed by atoms with E-state index in [9.17, 15) is 14.5 Å². The molecule has 0 bridgehead atoms. The van der Waals surface area contributed by atoms with Gasteiger partial charge in [-0.2, -0.15) is 0 Å². The van der Waals surface area contributed by atoms with Crippen LogP contribution in [0.1, 0.15) is 18.0 Å². The first-order valence-corrected chi connectivity index (χ1v) is 4.35. The van der Waals surface area contributed by atoms with Crippen molar-refractivity contribution < 1.29 is 9.31 Å². The van der Waals surface area contributed by atoms with Gasteiger partial charge in [0.25, 0.3) is 5.69 Å². The summed E-state index contributed by atoms with van der Waals surface area (Å²) in [4.78, 5) is 10.1. The van der Waals surface area contributed by atoms with E-state index in [0.29, 0.717) is 5.56 Å². The normalized spacial score (nSPS) is 20.2. The van der Waals surface area contributed by atoms with Gasteiger partial charge >= 0.3 is 0 Å². The van der Waals surface area contributed by atoms with Crippen LogP contribution in [0, 0.1) is 15.9 Å². The lowest BCUT2D eigenvalue weighted by Gasteiger charge is -2.27. The van der Waals surface area contributed by atoms with Crippen LogP contribution in [0.5, 0.6) is 0 Å². The number of nitrogens with one attached hydrogen (secondary N) is 1. The SMILES string of the molecule is O=[N+]([O-])c1cc(F)ccc1[C@H]1CCN1. The van der Waals surface area contributed by atoms with E-state index in [4.69, 9.17) is 0 Å². The van der Waals surface area contributed by atoms with E-state index in [1.54, 1.807) is 0 Å². The van der Waals surface area contributed by atoms with Crippen LogP contribution >= 0.6 is 0 Å². The monoisotopic (exact) mass is 196 g/mol. The summed E-state index contributed by atoms with van der Waals surface area (Å²) in [5.74, 6) is -0.570. The van der Waals surface area contributed by atoms with Gasteiger partial charge in [-0.3, -0.25) is 10.1 Å². The number of nitrogens with zero attached hydrogens (tertiary/aromatic N) is 1. The smallest absolute Gasteiger partial charge is 0.277 e. The molecule has 1 aliphatic heterocycles. The molecule has 0 aromatic heterocycles. The quantitative estimate of drug-likeness (QED) is 0.579. The predicted octanol–water partition coefficient (Wildman–Crippen LogP) is 1.77. The van der Waals surface area contributed by atoms with Gasteiger partial charge in [0.2, 0.25) is 0 Å². The Morgan fingerprint density at radius 2 is 2.29 bits per heavy atom. The van der Waals surface area contributed by atoms with Crippen LogP contribution in [0.3, 0.4) is 0 Å². The van der Waals surface area contributed by atoms with Crippen molar-refractivity contribution in [3.8, 4) is 0 Å². The summed E-state index contributed by atoms with van der Waals surface area (Å²) in [7, 11) is 0. The fraction of sp³-hybridized carbons (Fsp3) is 0.333. The van der Waals surface area contributed by atoms with Gasteiger partial charge in [-0.1, -0.05) is 0 Å². The molecule has 74 valence electrons. The van der Waals surface area contributed by atoms with Crippen LogP contribution in [0.15, 0.2) is 18.2 Å². The number of hydrogen-bond donors (Lipinski definition) is 1. The van der Waals surface area contributed by atoms with Crippen molar-refractivity contribution in [2.24, 2.45) is 0 Å². The van der Waals surface area contributed by atoms with Gasteiger partial charge in [-0.15, -0.1) is 0 Å². The van der Waals surface area contributed by atoms with Crippen molar-refractivity contribution in [3.05, 3.63) is 39.7 Å². The van der Waals surface area contributed by atoms with Gasteiger partial charge < -0.3 is 5.32 Å². The fourth-order valence-corrected chi connectivity index (χ4v) is 1.52. The van der Waals surface area contributed by atoms with E-state index in [2.05, 4.69) is 5.32 Å². The van der Waals surface area contributed by atoms with Crippen molar-refractivity contribution >= 4 is 5.69 Å². The fourth-order valence-electron chi connectivity index (χ4n) is 1.52. The Morgan fingerprint density at radius 1 is 1.57 bits per heavy atom. The number of benzene rings is 1. The molecule has 1 atom stereocenters. The Hall–Kier alpha value is -1.49. The van der Waals surface area contributed by atoms with E-state index in [-0.39, 0.29) is 11.7 Å². The van der Waals surface area contributed by atoms with Gasteiger partial charge in [0.15, 0.2) is 0 Å². The topological polar surface area (TPSA) is 55.2 Å². The Labute approximate surface area is 79.9 Å². The summed E-state index contributed by atoms with van der Waals surface area (Å²) in [5.41, 5.74) is 0.435. The first-order chi connectivity index (χ1) is 6.68. The molecule has 2 rings (SSSR count). The lowest BCUT2D eigenvalue weighted by molar-refractivity contribution is -0.386. The molecular formula is C9H9FN2O2. The molecular weight excluding hydrogens is 187 g/mol. The molecule has 14 heavy (non-hydrogen) atoms. The summed E-state index contributed by atoms with van der Waals surface area (Å²) in [6.07, 6.45) is 0.868. The summed E-state index contributed by atoms with van der Waals surface area (Å²) in [5, 5.41) is 13.7. The molecule has 0 aliphatic carbocycles. The van der Waals surface area contributed by atoms with Crippen LogP contribution in [0.25, 0.3) is 0 Å². The Morgan fingerprint density at radius 3 is 2.79 bits per heavy atom. The number of nitro groups is 1. The van der Waals surface area contributed by atoms with Crippen LogP contribution < -0.4 is 5.32 Å². The highest BCUT2D eigenvalue weighted by Crippen LogP contribution is 2.31. The minimum absolute atomic E-state index is 0.0102. The maximum absolute atomic E-state index is 12.8. The van der Waals surface area contributed by atoms with Crippen LogP contribution in [-0.2, 0) is 0 Å². The standard InChI is InChI=1S/C9H9FN2O2/c10-6-1-2-7(8-3-4-11-8)9(5-6)12(13)14/h1-2,5,8,11H,3-4H2/t8-/m1/s1. The second-order valence-corrected chi connectivity index (χ2v) is 3.26. The first kappa shape index (κ1) is 9.08. The highest BCUT2D eigenvalue weighted by Gasteiger charge is 2.26. The van der Waals surface area contributed by atoms with Crippen molar-refractivity contribution in [1.29, 1.82) is 0 Å². The molecule has 0 unspecified atom stereocenters. The summed E-state index contributed by atoms with van der Waals surface area (Å²) >= 11 is 0. The van der Waals surface area contributed by atoms with E-state index in [1.807, 2.05) is 0 Å². The van der Waals surface area contributed by atoms with Crippen molar-refractivity contribution in [1.82, 2.24) is 5.32 Å². The van der Waals surface area contributed by atoms with Gasteiger partial charge in [0, 0.05) is 11.6 Å². The zero-order chi connectivity index (χ0) is 10.1. The van der Waals surface area contributed by atoms with Crippen LogP contribution in [0.4, 0.5) is 10.1 Å². The average Bonchev–Trinajstić information content (AvgIpc) is 2.04. The molecule has 0 radical (unpaired) electrons. The third-order valence-electron chi connectivity index (χ3n) is 2.39. The van der Waals surface area contributed by atoms with Crippen LogP contribution in [0.2, 0.25) is 0 Å². The minimum atomic E-state index is -0.570. The number of hydrogen-bond acceptors (Lipinski definition) is 3. The molecule has 1 aliphatic rings. The lowest BCUT2D eigenvalue weighted by Crippen LogP contribution is -2.35. The van der Waals surface area contributed by atoms with Gasteiger partial charge in [0.05, 0.1) is 11.0 Å². The Bertz CT molecular complexity index is 377. The number of halogens is 1. The lowest BCUT2D eigenvalue weighted by atomic mass is 9.96. The molecule has 1 saturated heterocycles. The largest absolute Gasteiger partial charge is 0.310 e. The molecule has 1 N–H and O–H groups in total. The molecule has 0 amide bonds. The zero-order valence-electron chi connectivity index (χ0n) is 7.37. The average molecular weight is 196 g/mol. The molecule has 1 fully saturated rings. The van der Waals surface area contributed by atoms with Crippen molar-refractivity contribution in [2.45, 2.75) is 12.5 Å².